The molecule has 0 saturated heterocycles. The molecule has 2 heteroatoms. The molecule has 1 aromatic rings. The third kappa shape index (κ3) is 3.23. The largest absolute Gasteiger partial charge is 0.303 e. The van der Waals surface area contributed by atoms with Gasteiger partial charge in [-0.05, 0) is 11.3 Å². The Morgan fingerprint density at radius 3 is 2.62 bits per heavy atom. The SMILES string of the molecule is CCSC[C@@H](C=O)c1ccccc1. The van der Waals surface area contributed by atoms with E-state index in [1.807, 2.05) is 30.3 Å². The number of aldehydes is 1. The molecule has 0 aliphatic heterocycles. The third-order valence-corrected chi connectivity index (χ3v) is 2.90. The molecule has 1 aromatic carbocycles. The lowest BCUT2D eigenvalue weighted by molar-refractivity contribution is -0.108. The van der Waals surface area contributed by atoms with Crippen molar-refractivity contribution in [3.8, 4) is 0 Å². The van der Waals surface area contributed by atoms with E-state index in [-0.39, 0.29) is 5.92 Å². The van der Waals surface area contributed by atoms with E-state index in [1.54, 1.807) is 11.8 Å². The first-order valence-corrected chi connectivity index (χ1v) is 5.62. The minimum absolute atomic E-state index is 0.0612. The molecule has 0 aliphatic carbocycles. The van der Waals surface area contributed by atoms with Gasteiger partial charge in [0.1, 0.15) is 6.29 Å². The van der Waals surface area contributed by atoms with Gasteiger partial charge in [0.2, 0.25) is 0 Å². The molecule has 0 unspecified atom stereocenters. The van der Waals surface area contributed by atoms with Crippen LogP contribution in [0, 0.1) is 0 Å². The first-order valence-electron chi connectivity index (χ1n) is 4.46. The summed E-state index contributed by atoms with van der Waals surface area (Å²) < 4.78 is 0. The summed E-state index contributed by atoms with van der Waals surface area (Å²) in [6.07, 6.45) is 1.04. The molecule has 0 fully saturated rings. The van der Waals surface area contributed by atoms with Crippen molar-refractivity contribution in [2.24, 2.45) is 0 Å². The monoisotopic (exact) mass is 194 g/mol. The summed E-state index contributed by atoms with van der Waals surface area (Å²) in [5, 5.41) is 0. The van der Waals surface area contributed by atoms with Crippen molar-refractivity contribution >= 4 is 18.0 Å². The van der Waals surface area contributed by atoms with E-state index >= 15 is 0 Å². The van der Waals surface area contributed by atoms with Crippen LogP contribution in [0.2, 0.25) is 0 Å². The second-order valence-electron chi connectivity index (χ2n) is 2.81. The van der Waals surface area contributed by atoms with Gasteiger partial charge in [-0.3, -0.25) is 0 Å². The summed E-state index contributed by atoms with van der Waals surface area (Å²) in [7, 11) is 0. The number of benzene rings is 1. The van der Waals surface area contributed by atoms with E-state index in [0.29, 0.717) is 0 Å². The van der Waals surface area contributed by atoms with Crippen molar-refractivity contribution in [3.63, 3.8) is 0 Å². The fourth-order valence-corrected chi connectivity index (χ4v) is 1.92. The Hall–Kier alpha value is -0.760. The van der Waals surface area contributed by atoms with Gasteiger partial charge in [0.25, 0.3) is 0 Å². The molecule has 0 bridgehead atoms. The Morgan fingerprint density at radius 1 is 1.38 bits per heavy atom. The van der Waals surface area contributed by atoms with Crippen molar-refractivity contribution in [2.75, 3.05) is 11.5 Å². The molecule has 70 valence electrons. The van der Waals surface area contributed by atoms with Crippen molar-refractivity contribution in [3.05, 3.63) is 35.9 Å². The second kappa shape index (κ2) is 5.81. The summed E-state index contributed by atoms with van der Waals surface area (Å²) in [5.74, 6) is 2.02. The fourth-order valence-electron chi connectivity index (χ4n) is 1.16. The molecule has 0 aromatic heterocycles. The maximum Gasteiger partial charge on any atom is 0.128 e. The van der Waals surface area contributed by atoms with E-state index in [2.05, 4.69) is 6.92 Å². The Morgan fingerprint density at radius 2 is 2.08 bits per heavy atom. The first-order chi connectivity index (χ1) is 6.38. The number of hydrogen-bond donors (Lipinski definition) is 0. The number of rotatable bonds is 5. The standard InChI is InChI=1S/C11H14OS/c1-2-13-9-11(8-12)10-6-4-3-5-7-10/h3-8,11H,2,9H2,1H3/t11-/m1/s1. The van der Waals surface area contributed by atoms with Crippen LogP contribution in [0.5, 0.6) is 0 Å². The van der Waals surface area contributed by atoms with Crippen molar-refractivity contribution in [1.29, 1.82) is 0 Å². The lowest BCUT2D eigenvalue weighted by Crippen LogP contribution is -2.03. The van der Waals surface area contributed by atoms with Crippen LogP contribution in [-0.4, -0.2) is 17.8 Å². The highest BCUT2D eigenvalue weighted by molar-refractivity contribution is 7.99. The molecule has 1 nitrogen and oxygen atoms in total. The summed E-state index contributed by atoms with van der Waals surface area (Å²) in [5.41, 5.74) is 1.12. The third-order valence-electron chi connectivity index (χ3n) is 1.89. The Labute approximate surface area is 83.5 Å². The van der Waals surface area contributed by atoms with Crippen molar-refractivity contribution in [1.82, 2.24) is 0 Å². The molecule has 0 N–H and O–H groups in total. The predicted molar refractivity (Wildman–Crippen MR) is 58.2 cm³/mol. The second-order valence-corrected chi connectivity index (χ2v) is 4.13. The van der Waals surface area contributed by atoms with Gasteiger partial charge in [-0.2, -0.15) is 11.8 Å². The van der Waals surface area contributed by atoms with E-state index in [0.717, 1.165) is 23.4 Å². The van der Waals surface area contributed by atoms with Gasteiger partial charge in [-0.25, -0.2) is 0 Å². The average molecular weight is 194 g/mol. The van der Waals surface area contributed by atoms with Crippen molar-refractivity contribution < 1.29 is 4.79 Å². The Balaban J connectivity index is 2.61. The molecule has 0 heterocycles. The van der Waals surface area contributed by atoms with Crippen LogP contribution in [0.15, 0.2) is 30.3 Å². The highest BCUT2D eigenvalue weighted by Crippen LogP contribution is 2.18. The van der Waals surface area contributed by atoms with Crippen molar-refractivity contribution in [2.45, 2.75) is 12.8 Å². The van der Waals surface area contributed by atoms with E-state index < -0.39 is 0 Å². The minimum Gasteiger partial charge on any atom is -0.303 e. The Kier molecular flexibility index (Phi) is 4.61. The molecule has 0 saturated carbocycles. The number of carbonyl (C=O) groups excluding carboxylic acids is 1. The van der Waals surface area contributed by atoms with Crippen LogP contribution in [0.25, 0.3) is 0 Å². The molecule has 1 rings (SSSR count). The van der Waals surface area contributed by atoms with E-state index in [9.17, 15) is 4.79 Å². The van der Waals surface area contributed by atoms with Crippen LogP contribution in [-0.2, 0) is 4.79 Å². The van der Waals surface area contributed by atoms with Gasteiger partial charge >= 0.3 is 0 Å². The predicted octanol–water partition coefficient (Wildman–Crippen LogP) is 2.72. The quantitative estimate of drug-likeness (QED) is 0.670. The summed E-state index contributed by atoms with van der Waals surface area (Å²) in [6.45, 7) is 2.11. The first kappa shape index (κ1) is 10.3. The smallest absolute Gasteiger partial charge is 0.128 e. The highest BCUT2D eigenvalue weighted by atomic mass is 32.2. The Bertz CT molecular complexity index is 246. The van der Waals surface area contributed by atoms with Gasteiger partial charge in [-0.15, -0.1) is 0 Å². The zero-order valence-electron chi connectivity index (χ0n) is 7.77. The summed E-state index contributed by atoms with van der Waals surface area (Å²) in [6, 6.07) is 9.94. The van der Waals surface area contributed by atoms with Crippen LogP contribution >= 0.6 is 11.8 Å². The minimum atomic E-state index is 0.0612. The number of thioether (sulfide) groups is 1. The van der Waals surface area contributed by atoms with Gasteiger partial charge < -0.3 is 4.79 Å². The molecule has 0 spiro atoms. The van der Waals surface area contributed by atoms with E-state index in [4.69, 9.17) is 0 Å². The van der Waals surface area contributed by atoms with E-state index in [1.165, 1.54) is 0 Å². The molecular weight excluding hydrogens is 180 g/mol. The fraction of sp³-hybridized carbons (Fsp3) is 0.364. The van der Waals surface area contributed by atoms with Crippen LogP contribution in [0.4, 0.5) is 0 Å². The highest BCUT2D eigenvalue weighted by Gasteiger charge is 2.08. The van der Waals surface area contributed by atoms with Crippen LogP contribution in [0.3, 0.4) is 0 Å². The summed E-state index contributed by atoms with van der Waals surface area (Å²) in [4.78, 5) is 10.8. The van der Waals surface area contributed by atoms with Crippen LogP contribution in [0.1, 0.15) is 18.4 Å². The zero-order chi connectivity index (χ0) is 9.52. The van der Waals surface area contributed by atoms with Crippen LogP contribution < -0.4 is 0 Å². The molecule has 0 radical (unpaired) electrons. The lowest BCUT2D eigenvalue weighted by Gasteiger charge is -2.08. The molecule has 13 heavy (non-hydrogen) atoms. The lowest BCUT2D eigenvalue weighted by atomic mass is 10.0. The van der Waals surface area contributed by atoms with Gasteiger partial charge in [0.15, 0.2) is 0 Å². The van der Waals surface area contributed by atoms with Gasteiger partial charge in [-0.1, -0.05) is 37.3 Å². The van der Waals surface area contributed by atoms with Gasteiger partial charge in [0.05, 0.1) is 0 Å². The molecule has 1 atom stereocenters. The number of hydrogen-bond acceptors (Lipinski definition) is 2. The molecular formula is C11H14OS. The average Bonchev–Trinajstić information content (AvgIpc) is 2.21. The maximum absolute atomic E-state index is 10.8. The van der Waals surface area contributed by atoms with Gasteiger partial charge in [0, 0.05) is 11.7 Å². The normalized spacial score (nSPS) is 12.4. The molecule has 0 amide bonds. The number of carbonyl (C=O) groups is 1. The topological polar surface area (TPSA) is 17.1 Å². The maximum atomic E-state index is 10.8. The molecule has 0 aliphatic rings. The summed E-state index contributed by atoms with van der Waals surface area (Å²) >= 11 is 1.80. The zero-order valence-corrected chi connectivity index (χ0v) is 8.59.